The molecule has 3 aromatic carbocycles. The number of amides is 1. The van der Waals surface area contributed by atoms with Gasteiger partial charge in [0, 0.05) is 10.2 Å². The van der Waals surface area contributed by atoms with Crippen molar-refractivity contribution in [1.29, 1.82) is 0 Å². The number of hydrogen-bond acceptors (Lipinski definition) is 1. The van der Waals surface area contributed by atoms with Gasteiger partial charge in [0.1, 0.15) is 0 Å². The van der Waals surface area contributed by atoms with E-state index in [1.54, 1.807) is 0 Å². The number of fused-ring (bicyclic) bond motifs is 1. The summed E-state index contributed by atoms with van der Waals surface area (Å²) in [6, 6.07) is 26.5. The summed E-state index contributed by atoms with van der Waals surface area (Å²) in [5.74, 6) is 0.0550. The zero-order chi connectivity index (χ0) is 17.2. The molecule has 1 atom stereocenters. The van der Waals surface area contributed by atoms with E-state index in [2.05, 4.69) is 46.3 Å². The molecular formula is C22H18BrNO. The van der Waals surface area contributed by atoms with Crippen molar-refractivity contribution in [2.24, 2.45) is 0 Å². The van der Waals surface area contributed by atoms with Gasteiger partial charge in [-0.15, -0.1) is 0 Å². The van der Waals surface area contributed by atoms with Gasteiger partial charge < -0.3 is 4.90 Å². The van der Waals surface area contributed by atoms with Crippen LogP contribution in [0.4, 0.5) is 5.69 Å². The van der Waals surface area contributed by atoms with Crippen molar-refractivity contribution < 1.29 is 4.79 Å². The molecule has 0 fully saturated rings. The van der Waals surface area contributed by atoms with Crippen molar-refractivity contribution in [3.63, 3.8) is 0 Å². The van der Waals surface area contributed by atoms with Crippen LogP contribution in [0.2, 0.25) is 0 Å². The Labute approximate surface area is 156 Å². The highest BCUT2D eigenvalue weighted by Gasteiger charge is 2.37. The molecule has 0 aliphatic carbocycles. The van der Waals surface area contributed by atoms with Crippen LogP contribution in [0.15, 0.2) is 83.3 Å². The normalized spacial score (nSPS) is 16.1. The van der Waals surface area contributed by atoms with Gasteiger partial charge in [-0.3, -0.25) is 4.79 Å². The molecule has 0 radical (unpaired) electrons. The minimum atomic E-state index is -0.126. The number of carbonyl (C=O) groups is 1. The van der Waals surface area contributed by atoms with E-state index in [1.165, 1.54) is 5.56 Å². The second kappa shape index (κ2) is 6.85. The molecular weight excluding hydrogens is 374 g/mol. The van der Waals surface area contributed by atoms with Crippen LogP contribution in [0.5, 0.6) is 0 Å². The van der Waals surface area contributed by atoms with Crippen LogP contribution >= 0.6 is 15.9 Å². The van der Waals surface area contributed by atoms with Gasteiger partial charge in [0.05, 0.1) is 12.5 Å². The van der Waals surface area contributed by atoms with Crippen molar-refractivity contribution in [2.75, 3.05) is 4.90 Å². The fourth-order valence-corrected chi connectivity index (χ4v) is 3.85. The van der Waals surface area contributed by atoms with E-state index in [-0.39, 0.29) is 11.8 Å². The molecule has 2 nitrogen and oxygen atoms in total. The highest BCUT2D eigenvalue weighted by molar-refractivity contribution is 9.10. The van der Waals surface area contributed by atoms with Crippen LogP contribution < -0.4 is 4.90 Å². The van der Waals surface area contributed by atoms with Crippen molar-refractivity contribution in [3.05, 3.63) is 100 Å². The van der Waals surface area contributed by atoms with Gasteiger partial charge in [-0.25, -0.2) is 0 Å². The van der Waals surface area contributed by atoms with Gasteiger partial charge in [0.25, 0.3) is 0 Å². The molecule has 1 aliphatic heterocycles. The Balaban J connectivity index is 1.69. The molecule has 1 unspecified atom stereocenters. The topological polar surface area (TPSA) is 20.3 Å². The number of halogens is 1. The number of carbonyl (C=O) groups excluding carboxylic acids is 1. The molecule has 1 aliphatic rings. The Bertz CT molecular complexity index is 892. The Morgan fingerprint density at radius 3 is 2.16 bits per heavy atom. The number of hydrogen-bond donors (Lipinski definition) is 0. The van der Waals surface area contributed by atoms with Gasteiger partial charge in [0.2, 0.25) is 5.91 Å². The number of rotatable bonds is 4. The lowest BCUT2D eigenvalue weighted by molar-refractivity contribution is -0.119. The molecule has 1 amide bonds. The SMILES string of the molecule is O=C1C(Cc2ccccc2)c2cc(Br)ccc2N1Cc1ccccc1. The molecule has 3 aromatic rings. The first-order valence-electron chi connectivity index (χ1n) is 8.41. The molecule has 4 rings (SSSR count). The van der Waals surface area contributed by atoms with E-state index >= 15 is 0 Å². The summed E-state index contributed by atoms with van der Waals surface area (Å²) in [6.07, 6.45) is 0.731. The van der Waals surface area contributed by atoms with E-state index < -0.39 is 0 Å². The first-order chi connectivity index (χ1) is 12.2. The van der Waals surface area contributed by atoms with Gasteiger partial charge in [-0.2, -0.15) is 0 Å². The fourth-order valence-electron chi connectivity index (χ4n) is 3.47. The zero-order valence-corrected chi connectivity index (χ0v) is 15.3. The first kappa shape index (κ1) is 16.1. The lowest BCUT2D eigenvalue weighted by Crippen LogP contribution is -2.28. The van der Waals surface area contributed by atoms with Crippen molar-refractivity contribution in [2.45, 2.75) is 18.9 Å². The predicted octanol–water partition coefficient (Wildman–Crippen LogP) is 5.32. The maximum Gasteiger partial charge on any atom is 0.235 e. The summed E-state index contributed by atoms with van der Waals surface area (Å²) in [7, 11) is 0. The Kier molecular flexibility index (Phi) is 4.41. The van der Waals surface area contributed by atoms with Gasteiger partial charge >= 0.3 is 0 Å². The van der Waals surface area contributed by atoms with E-state index in [0.717, 1.165) is 27.7 Å². The van der Waals surface area contributed by atoms with Gasteiger partial charge in [-0.05, 0) is 41.3 Å². The Morgan fingerprint density at radius 2 is 1.48 bits per heavy atom. The van der Waals surface area contributed by atoms with E-state index in [1.807, 2.05) is 53.4 Å². The molecule has 124 valence electrons. The molecule has 1 heterocycles. The average molecular weight is 392 g/mol. The fraction of sp³-hybridized carbons (Fsp3) is 0.136. The number of nitrogens with zero attached hydrogens (tertiary/aromatic N) is 1. The van der Waals surface area contributed by atoms with Crippen LogP contribution in [0.3, 0.4) is 0 Å². The average Bonchev–Trinajstić information content (AvgIpc) is 2.89. The van der Waals surface area contributed by atoms with Crippen molar-refractivity contribution in [1.82, 2.24) is 0 Å². The van der Waals surface area contributed by atoms with Crippen LogP contribution in [0.25, 0.3) is 0 Å². The third-order valence-electron chi connectivity index (χ3n) is 4.69. The summed E-state index contributed by atoms with van der Waals surface area (Å²) in [5, 5.41) is 0. The second-order valence-electron chi connectivity index (χ2n) is 6.36. The molecule has 0 aromatic heterocycles. The maximum atomic E-state index is 13.2. The van der Waals surface area contributed by atoms with E-state index in [0.29, 0.717) is 6.54 Å². The lowest BCUT2D eigenvalue weighted by Gasteiger charge is -2.18. The predicted molar refractivity (Wildman–Crippen MR) is 105 cm³/mol. The summed E-state index contributed by atoms with van der Waals surface area (Å²) >= 11 is 3.55. The molecule has 0 saturated heterocycles. The molecule has 3 heteroatoms. The van der Waals surface area contributed by atoms with E-state index in [9.17, 15) is 4.79 Å². The highest BCUT2D eigenvalue weighted by Crippen LogP contribution is 2.41. The van der Waals surface area contributed by atoms with Crippen LogP contribution in [-0.4, -0.2) is 5.91 Å². The molecule has 0 N–H and O–H groups in total. The molecule has 0 bridgehead atoms. The summed E-state index contributed by atoms with van der Waals surface area (Å²) in [4.78, 5) is 15.1. The molecule has 0 spiro atoms. The Hall–Kier alpha value is -2.39. The maximum absolute atomic E-state index is 13.2. The minimum absolute atomic E-state index is 0.126. The van der Waals surface area contributed by atoms with Crippen molar-refractivity contribution >= 4 is 27.5 Å². The smallest absolute Gasteiger partial charge is 0.235 e. The van der Waals surface area contributed by atoms with Gasteiger partial charge in [0.15, 0.2) is 0 Å². The monoisotopic (exact) mass is 391 g/mol. The molecule has 25 heavy (non-hydrogen) atoms. The number of anilines is 1. The minimum Gasteiger partial charge on any atom is -0.307 e. The van der Waals surface area contributed by atoms with Gasteiger partial charge in [-0.1, -0.05) is 76.6 Å². The number of benzene rings is 3. The third kappa shape index (κ3) is 3.24. The largest absolute Gasteiger partial charge is 0.307 e. The zero-order valence-electron chi connectivity index (χ0n) is 13.7. The second-order valence-corrected chi connectivity index (χ2v) is 7.27. The third-order valence-corrected chi connectivity index (χ3v) is 5.18. The van der Waals surface area contributed by atoms with Crippen LogP contribution in [-0.2, 0) is 17.8 Å². The standard InChI is InChI=1S/C22H18BrNO/c23-18-11-12-21-19(14-18)20(13-16-7-3-1-4-8-16)22(25)24(21)15-17-9-5-2-6-10-17/h1-12,14,20H,13,15H2. The quantitative estimate of drug-likeness (QED) is 0.588. The first-order valence-corrected chi connectivity index (χ1v) is 9.20. The van der Waals surface area contributed by atoms with Crippen LogP contribution in [0.1, 0.15) is 22.6 Å². The summed E-state index contributed by atoms with van der Waals surface area (Å²) in [6.45, 7) is 0.611. The van der Waals surface area contributed by atoms with Crippen LogP contribution in [0, 0.1) is 0 Å². The highest BCUT2D eigenvalue weighted by atomic mass is 79.9. The lowest BCUT2D eigenvalue weighted by atomic mass is 9.93. The molecule has 0 saturated carbocycles. The van der Waals surface area contributed by atoms with E-state index in [4.69, 9.17) is 0 Å². The summed E-state index contributed by atoms with van der Waals surface area (Å²) < 4.78 is 1.01. The van der Waals surface area contributed by atoms with Crippen molar-refractivity contribution in [3.8, 4) is 0 Å². The summed E-state index contributed by atoms with van der Waals surface area (Å²) in [5.41, 5.74) is 4.47. The Morgan fingerprint density at radius 1 is 0.840 bits per heavy atom.